The van der Waals surface area contributed by atoms with E-state index >= 15 is 0 Å². The Balaban J connectivity index is 1.41. The van der Waals surface area contributed by atoms with Gasteiger partial charge in [0.2, 0.25) is 17.7 Å². The van der Waals surface area contributed by atoms with Crippen LogP contribution in [0.3, 0.4) is 0 Å². The highest BCUT2D eigenvalue weighted by atomic mass is 35.5. The zero-order chi connectivity index (χ0) is 37.9. The molecule has 6 rings (SSSR count). The fourth-order valence-corrected chi connectivity index (χ4v) is 8.11. The van der Waals surface area contributed by atoms with Crippen molar-refractivity contribution < 1.29 is 14.4 Å². The van der Waals surface area contributed by atoms with Gasteiger partial charge >= 0.3 is 0 Å². The van der Waals surface area contributed by atoms with Crippen LogP contribution in [0.2, 0.25) is 5.02 Å². The lowest BCUT2D eigenvalue weighted by Crippen LogP contribution is -2.56. The van der Waals surface area contributed by atoms with Crippen LogP contribution in [-0.2, 0) is 33.9 Å². The molecule has 0 spiro atoms. The quantitative estimate of drug-likeness (QED) is 0.0948. The highest BCUT2D eigenvalue weighted by molar-refractivity contribution is 7.99. The number of hydrogen-bond donors (Lipinski definition) is 7. The minimum atomic E-state index is -0.954. The number of rotatable bonds is 10. The molecule has 0 bridgehead atoms. The Labute approximate surface area is 324 Å². The molecule has 5 aromatic rings. The third-order valence-corrected chi connectivity index (χ3v) is 11.4. The zero-order valence-corrected chi connectivity index (χ0v) is 31.6. The summed E-state index contributed by atoms with van der Waals surface area (Å²) in [5, 5.41) is 14.7. The normalized spacial score (nSPS) is 18.6. The molecule has 3 unspecified atom stereocenters. The van der Waals surface area contributed by atoms with Crippen LogP contribution in [0.25, 0.3) is 22.0 Å². The summed E-state index contributed by atoms with van der Waals surface area (Å²) >= 11 is 8.66. The number of amides is 3. The Morgan fingerprint density at radius 2 is 1.48 bits per heavy atom. The van der Waals surface area contributed by atoms with Crippen LogP contribution < -0.4 is 32.7 Å². The predicted molar refractivity (Wildman–Crippen MR) is 215 cm³/mol. The molecule has 282 valence electrons. The lowest BCUT2D eigenvalue weighted by atomic mass is 10.0. The molecule has 11 nitrogen and oxygen atoms in total. The highest BCUT2D eigenvalue weighted by Gasteiger charge is 2.30. The molecule has 0 saturated heterocycles. The molecule has 9 N–H and O–H groups in total. The summed E-state index contributed by atoms with van der Waals surface area (Å²) in [4.78, 5) is 51.1. The van der Waals surface area contributed by atoms with Crippen molar-refractivity contribution in [3.05, 3.63) is 113 Å². The average molecular weight is 767 g/mol. The van der Waals surface area contributed by atoms with E-state index in [4.69, 9.17) is 28.1 Å². The maximum Gasteiger partial charge on any atom is 0.243 e. The number of nitrogens with two attached hydrogens (primary N) is 2. The number of hydrogen-bond acceptors (Lipinski definition) is 8. The average Bonchev–Trinajstić information content (AvgIpc) is 3.60. The number of H-pyrrole nitrogens is 1. The fraction of sp³-hybridized carbons (Fsp3) is 0.317. The van der Waals surface area contributed by atoms with Crippen molar-refractivity contribution in [3.8, 4) is 11.1 Å². The van der Waals surface area contributed by atoms with E-state index < -0.39 is 24.0 Å². The number of fused-ring (bicyclic) bond motifs is 3. The van der Waals surface area contributed by atoms with Gasteiger partial charge in [-0.1, -0.05) is 90.1 Å². The van der Waals surface area contributed by atoms with Gasteiger partial charge in [-0.3, -0.25) is 14.4 Å². The van der Waals surface area contributed by atoms with Gasteiger partial charge in [-0.25, -0.2) is 4.98 Å². The summed E-state index contributed by atoms with van der Waals surface area (Å²) in [6.07, 6.45) is 6.53. The highest BCUT2D eigenvalue weighted by Crippen LogP contribution is 2.42. The van der Waals surface area contributed by atoms with Crippen LogP contribution in [0.4, 0.5) is 0 Å². The summed E-state index contributed by atoms with van der Waals surface area (Å²) < 4.78 is 0. The van der Waals surface area contributed by atoms with E-state index in [0.717, 1.165) is 43.6 Å². The van der Waals surface area contributed by atoms with E-state index in [1.807, 2.05) is 85.1 Å². The second-order valence-corrected chi connectivity index (χ2v) is 14.8. The summed E-state index contributed by atoms with van der Waals surface area (Å²) in [6, 6.07) is 23.0. The number of nitrogens with zero attached hydrogens (tertiary/aromatic N) is 1. The number of pyridine rings is 1. The molecule has 3 atom stereocenters. The number of carbonyl (C=O) groups is 3. The second kappa shape index (κ2) is 19.0. The molecule has 13 heteroatoms. The van der Waals surface area contributed by atoms with Crippen LogP contribution in [0.15, 0.2) is 101 Å². The minimum absolute atomic E-state index is 0.147. The first-order valence-electron chi connectivity index (χ1n) is 18.4. The van der Waals surface area contributed by atoms with E-state index in [-0.39, 0.29) is 24.8 Å². The monoisotopic (exact) mass is 766 g/mol. The van der Waals surface area contributed by atoms with E-state index in [1.54, 1.807) is 6.20 Å². The van der Waals surface area contributed by atoms with Gasteiger partial charge in [-0.2, -0.15) is 0 Å². The number of aromatic nitrogens is 2. The number of benzene rings is 3. The first-order chi connectivity index (χ1) is 26.4. The zero-order valence-electron chi connectivity index (χ0n) is 30.1. The molecule has 1 aliphatic heterocycles. The first-order valence-corrected chi connectivity index (χ1v) is 19.6. The van der Waals surface area contributed by atoms with Gasteiger partial charge in [-0.05, 0) is 79.6 Å². The molecule has 0 radical (unpaired) electrons. The Hall–Kier alpha value is -4.72. The number of halogens is 1. The summed E-state index contributed by atoms with van der Waals surface area (Å²) in [7, 11) is 0. The summed E-state index contributed by atoms with van der Waals surface area (Å²) in [6.45, 7) is 1.34. The van der Waals surface area contributed by atoms with Crippen molar-refractivity contribution in [1.82, 2.24) is 31.2 Å². The van der Waals surface area contributed by atoms with Crippen LogP contribution in [0.1, 0.15) is 48.8 Å². The van der Waals surface area contributed by atoms with Gasteiger partial charge in [0.1, 0.15) is 17.1 Å². The third kappa shape index (κ3) is 9.68. The van der Waals surface area contributed by atoms with Gasteiger partial charge < -0.3 is 37.7 Å². The maximum atomic E-state index is 14.2. The Morgan fingerprint density at radius 3 is 2.30 bits per heavy atom. The number of para-hydroxylation sites is 1. The summed E-state index contributed by atoms with van der Waals surface area (Å²) in [5.41, 5.74) is 16.9. The smallest absolute Gasteiger partial charge is 0.243 e. The molecule has 3 amide bonds. The Morgan fingerprint density at radius 1 is 0.741 bits per heavy atom. The van der Waals surface area contributed by atoms with Gasteiger partial charge in [0.05, 0.1) is 11.1 Å². The van der Waals surface area contributed by atoms with Crippen LogP contribution in [-0.4, -0.2) is 58.9 Å². The summed E-state index contributed by atoms with van der Waals surface area (Å²) in [5.74, 6) is -1.13. The van der Waals surface area contributed by atoms with Crippen molar-refractivity contribution in [2.24, 2.45) is 11.5 Å². The van der Waals surface area contributed by atoms with Crippen molar-refractivity contribution in [1.29, 1.82) is 0 Å². The Kier molecular flexibility index (Phi) is 13.7. The molecule has 0 aliphatic carbocycles. The SMILES string of the molecule is NCCCCC1NC(=O)C(CCCN)NCc2cccnc2Sc2c(ccc(-c3ccccc3)c2Cl)CNC(=O)C(Cc2c[nH]c3ccccc23)NC1=O. The fourth-order valence-electron chi connectivity index (χ4n) is 6.66. The van der Waals surface area contributed by atoms with Crippen LogP contribution in [0, 0.1) is 0 Å². The van der Waals surface area contributed by atoms with Crippen molar-refractivity contribution in [2.75, 3.05) is 13.1 Å². The van der Waals surface area contributed by atoms with E-state index in [0.29, 0.717) is 61.8 Å². The molecule has 54 heavy (non-hydrogen) atoms. The van der Waals surface area contributed by atoms with Gasteiger partial charge in [0.25, 0.3) is 0 Å². The molecular weight excluding hydrogens is 720 g/mol. The first kappa shape index (κ1) is 39.0. The number of carbonyl (C=O) groups excluding carboxylic acids is 3. The predicted octanol–water partition coefficient (Wildman–Crippen LogP) is 5.20. The van der Waals surface area contributed by atoms with E-state index in [1.165, 1.54) is 11.8 Å². The molecule has 3 aromatic carbocycles. The van der Waals surface area contributed by atoms with Crippen LogP contribution >= 0.6 is 23.4 Å². The topological polar surface area (TPSA) is 180 Å². The second-order valence-electron chi connectivity index (χ2n) is 13.4. The molecule has 3 heterocycles. The number of unbranched alkanes of at least 4 members (excludes halogenated alkanes) is 1. The molecular formula is C41H47ClN8O3S. The molecule has 0 fully saturated rings. The van der Waals surface area contributed by atoms with Gasteiger partial charge in [0.15, 0.2) is 0 Å². The lowest BCUT2D eigenvalue weighted by Gasteiger charge is -2.25. The lowest BCUT2D eigenvalue weighted by molar-refractivity contribution is -0.132. The molecule has 2 aromatic heterocycles. The van der Waals surface area contributed by atoms with Crippen LogP contribution in [0.5, 0.6) is 0 Å². The number of nitrogens with one attached hydrogen (secondary N) is 5. The molecule has 1 aliphatic rings. The molecule has 0 saturated carbocycles. The van der Waals surface area contributed by atoms with Gasteiger partial charge in [-0.15, -0.1) is 0 Å². The standard InChI is InChI=1S/C41H47ClN8O3S/c42-36-31(26-10-2-1-3-11-26)18-17-27-23-48-38(51)35(22-29-25-46-32-14-5-4-13-30(29)32)50-40(53)34(15-6-7-19-43)49-39(52)33(16-8-20-44)47-24-28-12-9-21-45-41(28)54-37(27)36/h1-5,9-14,17-18,21,25,33-35,46-47H,6-8,15-16,19-20,22-24,43-44H2,(H,48,51)(H,49,52)(H,50,53). The minimum Gasteiger partial charge on any atom is -0.361 e. The maximum absolute atomic E-state index is 14.2. The number of aromatic amines is 1. The van der Waals surface area contributed by atoms with E-state index in [9.17, 15) is 14.4 Å². The van der Waals surface area contributed by atoms with Gasteiger partial charge in [0, 0.05) is 53.3 Å². The van der Waals surface area contributed by atoms with Crippen molar-refractivity contribution in [3.63, 3.8) is 0 Å². The largest absolute Gasteiger partial charge is 0.361 e. The Bertz CT molecular complexity index is 2060. The van der Waals surface area contributed by atoms with Crippen molar-refractivity contribution >= 4 is 52.0 Å². The third-order valence-electron chi connectivity index (χ3n) is 9.63. The van der Waals surface area contributed by atoms with E-state index in [2.05, 4.69) is 26.3 Å². The van der Waals surface area contributed by atoms with Crippen molar-refractivity contribution in [2.45, 2.75) is 79.7 Å².